The number of hydrogen-bond acceptors (Lipinski definition) is 7. The highest BCUT2D eigenvalue weighted by atomic mass is 32.2. The van der Waals surface area contributed by atoms with Gasteiger partial charge in [0.1, 0.15) is 11.6 Å². The number of nitrogens with one attached hydrogen (secondary N) is 3. The molecular formula is C25H33N7OS. The smallest absolute Gasteiger partial charge is 0.227 e. The first-order valence-electron chi connectivity index (χ1n) is 11.8. The second kappa shape index (κ2) is 10.5. The van der Waals surface area contributed by atoms with Crippen molar-refractivity contribution in [3.8, 4) is 0 Å². The predicted molar refractivity (Wildman–Crippen MR) is 138 cm³/mol. The minimum absolute atomic E-state index is 0.130. The summed E-state index contributed by atoms with van der Waals surface area (Å²) in [7, 11) is 2.04. The van der Waals surface area contributed by atoms with Crippen molar-refractivity contribution < 1.29 is 4.79 Å². The molecule has 0 spiro atoms. The van der Waals surface area contributed by atoms with Crippen LogP contribution in [0.3, 0.4) is 0 Å². The van der Waals surface area contributed by atoms with Gasteiger partial charge >= 0.3 is 0 Å². The molecule has 1 aliphatic rings. The van der Waals surface area contributed by atoms with Crippen LogP contribution in [-0.2, 0) is 4.79 Å². The highest BCUT2D eigenvalue weighted by molar-refractivity contribution is 7.99. The van der Waals surface area contributed by atoms with Crippen LogP contribution in [0, 0.1) is 19.8 Å². The molecule has 0 bridgehead atoms. The molecule has 1 aromatic carbocycles. The van der Waals surface area contributed by atoms with Gasteiger partial charge in [-0.3, -0.25) is 9.89 Å². The Morgan fingerprint density at radius 1 is 1.15 bits per heavy atom. The first-order chi connectivity index (χ1) is 16.3. The second-order valence-corrected chi connectivity index (χ2v) is 10.2. The number of benzene rings is 1. The molecule has 1 saturated carbocycles. The molecule has 3 N–H and O–H groups in total. The topological polar surface area (TPSA) is 98.8 Å². The summed E-state index contributed by atoms with van der Waals surface area (Å²) in [5.41, 5.74) is 2.76. The highest BCUT2D eigenvalue weighted by Crippen LogP contribution is 2.33. The van der Waals surface area contributed by atoms with Crippen LogP contribution in [-0.4, -0.2) is 39.2 Å². The number of H-pyrrole nitrogens is 1. The van der Waals surface area contributed by atoms with Crippen molar-refractivity contribution in [2.45, 2.75) is 69.5 Å². The van der Waals surface area contributed by atoms with Gasteiger partial charge in [0.2, 0.25) is 5.91 Å². The van der Waals surface area contributed by atoms with E-state index in [0.29, 0.717) is 5.16 Å². The summed E-state index contributed by atoms with van der Waals surface area (Å²) in [5.74, 6) is 2.60. The summed E-state index contributed by atoms with van der Waals surface area (Å²) < 4.78 is 0. The molecule has 1 aliphatic carbocycles. The SMILES string of the molecule is Cc1cc(Nc2nc(Sc3ccc(NC(=O)C4CCCC4)cc3)nc(N(C)C(C)C)c2C)n[nH]1. The lowest BCUT2D eigenvalue weighted by Gasteiger charge is -2.25. The minimum Gasteiger partial charge on any atom is -0.357 e. The maximum absolute atomic E-state index is 12.4. The van der Waals surface area contributed by atoms with Gasteiger partial charge in [0, 0.05) is 46.9 Å². The van der Waals surface area contributed by atoms with E-state index in [1.54, 1.807) is 0 Å². The van der Waals surface area contributed by atoms with Crippen LogP contribution in [0.2, 0.25) is 0 Å². The Bertz CT molecular complexity index is 1140. The monoisotopic (exact) mass is 479 g/mol. The molecule has 9 heteroatoms. The van der Waals surface area contributed by atoms with Crippen molar-refractivity contribution in [3.05, 3.63) is 41.6 Å². The van der Waals surface area contributed by atoms with E-state index in [2.05, 4.69) is 39.6 Å². The van der Waals surface area contributed by atoms with Crippen LogP contribution in [0.1, 0.15) is 50.8 Å². The van der Waals surface area contributed by atoms with Crippen molar-refractivity contribution in [2.75, 3.05) is 22.6 Å². The number of anilines is 4. The molecule has 0 unspecified atom stereocenters. The zero-order chi connectivity index (χ0) is 24.2. The van der Waals surface area contributed by atoms with E-state index < -0.39 is 0 Å². The molecule has 34 heavy (non-hydrogen) atoms. The Labute approximate surface area is 205 Å². The molecule has 2 aromatic heterocycles. The number of hydrogen-bond donors (Lipinski definition) is 3. The van der Waals surface area contributed by atoms with Crippen LogP contribution >= 0.6 is 11.8 Å². The number of carbonyl (C=O) groups is 1. The maximum atomic E-state index is 12.4. The molecule has 8 nitrogen and oxygen atoms in total. The number of aryl methyl sites for hydroxylation is 1. The Morgan fingerprint density at radius 2 is 1.85 bits per heavy atom. The second-order valence-electron chi connectivity index (χ2n) is 9.17. The van der Waals surface area contributed by atoms with Gasteiger partial charge in [-0.15, -0.1) is 0 Å². The fourth-order valence-corrected chi connectivity index (χ4v) is 4.74. The van der Waals surface area contributed by atoms with Gasteiger partial charge in [-0.05, 0) is 76.6 Å². The summed E-state index contributed by atoms with van der Waals surface area (Å²) in [6.07, 6.45) is 4.28. The predicted octanol–water partition coefficient (Wildman–Crippen LogP) is 5.68. The number of carbonyl (C=O) groups excluding carboxylic acids is 1. The van der Waals surface area contributed by atoms with Crippen LogP contribution in [0.4, 0.5) is 23.1 Å². The lowest BCUT2D eigenvalue weighted by molar-refractivity contribution is -0.119. The first-order valence-corrected chi connectivity index (χ1v) is 12.6. The van der Waals surface area contributed by atoms with Gasteiger partial charge < -0.3 is 15.5 Å². The van der Waals surface area contributed by atoms with Crippen LogP contribution in [0.5, 0.6) is 0 Å². The summed E-state index contributed by atoms with van der Waals surface area (Å²) in [4.78, 5) is 25.2. The Morgan fingerprint density at radius 3 is 2.47 bits per heavy atom. The van der Waals surface area contributed by atoms with E-state index in [-0.39, 0.29) is 17.9 Å². The van der Waals surface area contributed by atoms with E-state index in [0.717, 1.165) is 65.0 Å². The van der Waals surface area contributed by atoms with Crippen LogP contribution in [0.25, 0.3) is 0 Å². The summed E-state index contributed by atoms with van der Waals surface area (Å²) in [6, 6.07) is 10.1. The molecule has 0 radical (unpaired) electrons. The fraction of sp³-hybridized carbons (Fsp3) is 0.440. The molecular weight excluding hydrogens is 446 g/mol. The number of amides is 1. The van der Waals surface area contributed by atoms with Crippen LogP contribution < -0.4 is 15.5 Å². The van der Waals surface area contributed by atoms with Gasteiger partial charge in [0.05, 0.1) is 0 Å². The average molecular weight is 480 g/mol. The summed E-state index contributed by atoms with van der Waals surface area (Å²) in [5, 5.41) is 14.3. The highest BCUT2D eigenvalue weighted by Gasteiger charge is 2.22. The number of rotatable bonds is 8. The largest absolute Gasteiger partial charge is 0.357 e. The quantitative estimate of drug-likeness (QED) is 0.357. The Balaban J connectivity index is 1.54. The molecule has 2 heterocycles. The molecule has 3 aromatic rings. The minimum atomic E-state index is 0.130. The van der Waals surface area contributed by atoms with Crippen LogP contribution in [0.15, 0.2) is 40.4 Å². The molecule has 0 aliphatic heterocycles. The first kappa shape index (κ1) is 24.1. The van der Waals surface area contributed by atoms with Crippen molar-refractivity contribution in [1.82, 2.24) is 20.2 Å². The number of aromatic amines is 1. The third-order valence-electron chi connectivity index (χ3n) is 6.22. The number of nitrogens with zero attached hydrogens (tertiary/aromatic N) is 4. The fourth-order valence-electron chi connectivity index (χ4n) is 3.99. The zero-order valence-electron chi connectivity index (χ0n) is 20.5. The maximum Gasteiger partial charge on any atom is 0.227 e. The van der Waals surface area contributed by atoms with E-state index >= 15 is 0 Å². The van der Waals surface area contributed by atoms with Gasteiger partial charge in [0.15, 0.2) is 11.0 Å². The third kappa shape index (κ3) is 5.70. The van der Waals surface area contributed by atoms with Crippen molar-refractivity contribution in [1.29, 1.82) is 0 Å². The van der Waals surface area contributed by atoms with E-state index in [1.807, 2.05) is 51.2 Å². The molecule has 0 atom stereocenters. The van der Waals surface area contributed by atoms with E-state index in [4.69, 9.17) is 9.97 Å². The van der Waals surface area contributed by atoms with Gasteiger partial charge in [0.25, 0.3) is 0 Å². The van der Waals surface area contributed by atoms with E-state index in [1.165, 1.54) is 11.8 Å². The van der Waals surface area contributed by atoms with Gasteiger partial charge in [-0.1, -0.05) is 12.8 Å². The van der Waals surface area contributed by atoms with Gasteiger partial charge in [-0.2, -0.15) is 5.10 Å². The summed E-state index contributed by atoms with van der Waals surface area (Å²) >= 11 is 1.49. The van der Waals surface area contributed by atoms with Gasteiger partial charge in [-0.25, -0.2) is 9.97 Å². The zero-order valence-corrected chi connectivity index (χ0v) is 21.3. The number of aromatic nitrogens is 4. The molecule has 1 fully saturated rings. The standard InChI is InChI=1S/C25H33N7OS/c1-15(2)32(5)23-17(4)22(27-21-14-16(3)30-31-21)28-25(29-23)34-20-12-10-19(11-13-20)26-24(33)18-8-6-7-9-18/h10-15,18H,6-9H2,1-5H3,(H,26,33)(H2,27,28,29,30,31). The Kier molecular flexibility index (Phi) is 7.41. The van der Waals surface area contributed by atoms with Crippen molar-refractivity contribution >= 4 is 40.8 Å². The third-order valence-corrected chi connectivity index (χ3v) is 7.09. The van der Waals surface area contributed by atoms with Crippen molar-refractivity contribution in [2.24, 2.45) is 5.92 Å². The average Bonchev–Trinajstić information content (AvgIpc) is 3.49. The van der Waals surface area contributed by atoms with Crippen molar-refractivity contribution in [3.63, 3.8) is 0 Å². The normalized spacial score (nSPS) is 13.9. The molecule has 1 amide bonds. The lowest BCUT2D eigenvalue weighted by atomic mass is 10.1. The summed E-state index contributed by atoms with van der Waals surface area (Å²) in [6.45, 7) is 8.25. The van der Waals surface area contributed by atoms with E-state index in [9.17, 15) is 4.79 Å². The molecule has 4 rings (SSSR count). The Hall–Kier alpha value is -3.07. The molecule has 180 valence electrons. The molecule has 0 saturated heterocycles. The lowest BCUT2D eigenvalue weighted by Crippen LogP contribution is -2.28.